The third-order valence-electron chi connectivity index (χ3n) is 3.02. The van der Waals surface area contributed by atoms with Crippen molar-refractivity contribution in [2.75, 3.05) is 26.2 Å². The molecule has 1 aromatic heterocycles. The first-order chi connectivity index (χ1) is 8.33. The number of hydrogen-bond acceptors (Lipinski definition) is 4. The van der Waals surface area contributed by atoms with Crippen molar-refractivity contribution in [1.82, 2.24) is 15.2 Å². The Kier molecular flexibility index (Phi) is 4.49. The summed E-state index contributed by atoms with van der Waals surface area (Å²) in [5, 5.41) is 12.3. The zero-order valence-electron chi connectivity index (χ0n) is 9.56. The standard InChI is InChI=1S/C12H15BrN4/c13-12-10(2-1-5-16-12)11(3-4-14)17-8-6-15-7-9-17/h1-2,5,11,15H,3,6-9H2/t11-/m0/s1. The van der Waals surface area contributed by atoms with E-state index < -0.39 is 0 Å². The summed E-state index contributed by atoms with van der Waals surface area (Å²) < 4.78 is 0.846. The van der Waals surface area contributed by atoms with Crippen LogP contribution in [0.4, 0.5) is 0 Å². The summed E-state index contributed by atoms with van der Waals surface area (Å²) in [4.78, 5) is 6.59. The fourth-order valence-corrected chi connectivity index (χ4v) is 2.68. The molecule has 1 aliphatic rings. The van der Waals surface area contributed by atoms with Crippen molar-refractivity contribution in [2.24, 2.45) is 0 Å². The molecule has 2 heterocycles. The second-order valence-electron chi connectivity index (χ2n) is 4.05. The van der Waals surface area contributed by atoms with Crippen molar-refractivity contribution >= 4 is 15.9 Å². The molecule has 17 heavy (non-hydrogen) atoms. The molecule has 4 nitrogen and oxygen atoms in total. The Labute approximate surface area is 110 Å². The van der Waals surface area contributed by atoms with Gasteiger partial charge >= 0.3 is 0 Å². The topological polar surface area (TPSA) is 52.0 Å². The Balaban J connectivity index is 2.22. The van der Waals surface area contributed by atoms with E-state index in [-0.39, 0.29) is 6.04 Å². The number of halogens is 1. The van der Waals surface area contributed by atoms with Gasteiger partial charge in [0.25, 0.3) is 0 Å². The fourth-order valence-electron chi connectivity index (χ4n) is 2.16. The Morgan fingerprint density at radius 3 is 2.94 bits per heavy atom. The van der Waals surface area contributed by atoms with E-state index in [2.05, 4.69) is 37.2 Å². The number of nitrogens with one attached hydrogen (secondary N) is 1. The van der Waals surface area contributed by atoms with Crippen LogP contribution in [0.5, 0.6) is 0 Å². The zero-order chi connectivity index (χ0) is 12.1. The Hall–Kier alpha value is -0.960. The van der Waals surface area contributed by atoms with Gasteiger partial charge in [0.05, 0.1) is 18.5 Å². The maximum atomic E-state index is 8.99. The maximum absolute atomic E-state index is 8.99. The predicted octanol–water partition coefficient (Wildman–Crippen LogP) is 1.70. The number of aromatic nitrogens is 1. The van der Waals surface area contributed by atoms with E-state index in [1.807, 2.05) is 12.1 Å². The first-order valence-corrected chi connectivity index (χ1v) is 6.54. The van der Waals surface area contributed by atoms with Crippen LogP contribution in [0.25, 0.3) is 0 Å². The molecule has 1 N–H and O–H groups in total. The quantitative estimate of drug-likeness (QED) is 0.862. The summed E-state index contributed by atoms with van der Waals surface area (Å²) in [6.07, 6.45) is 2.26. The van der Waals surface area contributed by atoms with Crippen molar-refractivity contribution in [3.05, 3.63) is 28.5 Å². The summed E-state index contributed by atoms with van der Waals surface area (Å²) >= 11 is 3.47. The first kappa shape index (κ1) is 12.5. The molecule has 0 aromatic carbocycles. The molecular weight excluding hydrogens is 280 g/mol. The average molecular weight is 295 g/mol. The lowest BCUT2D eigenvalue weighted by Crippen LogP contribution is -2.45. The molecule has 0 bridgehead atoms. The molecular formula is C12H15BrN4. The van der Waals surface area contributed by atoms with Crippen molar-refractivity contribution in [3.63, 3.8) is 0 Å². The third-order valence-corrected chi connectivity index (χ3v) is 3.69. The van der Waals surface area contributed by atoms with E-state index in [4.69, 9.17) is 5.26 Å². The lowest BCUT2D eigenvalue weighted by Gasteiger charge is -2.34. The number of piperazine rings is 1. The van der Waals surface area contributed by atoms with E-state index >= 15 is 0 Å². The molecule has 1 aromatic rings. The molecule has 0 radical (unpaired) electrons. The third kappa shape index (κ3) is 3.03. The highest BCUT2D eigenvalue weighted by atomic mass is 79.9. The van der Waals surface area contributed by atoms with E-state index in [9.17, 15) is 0 Å². The molecule has 5 heteroatoms. The summed E-state index contributed by atoms with van der Waals surface area (Å²) in [5.41, 5.74) is 1.11. The molecule has 1 saturated heterocycles. The number of hydrogen-bond donors (Lipinski definition) is 1. The molecule has 1 aliphatic heterocycles. The average Bonchev–Trinajstić information content (AvgIpc) is 2.38. The highest BCUT2D eigenvalue weighted by Gasteiger charge is 2.23. The Morgan fingerprint density at radius 2 is 2.29 bits per heavy atom. The molecule has 1 atom stereocenters. The summed E-state index contributed by atoms with van der Waals surface area (Å²) in [6.45, 7) is 3.93. The van der Waals surface area contributed by atoms with E-state index in [0.717, 1.165) is 36.3 Å². The molecule has 0 saturated carbocycles. The van der Waals surface area contributed by atoms with E-state index in [1.165, 1.54) is 0 Å². The van der Waals surface area contributed by atoms with Crippen LogP contribution in [-0.4, -0.2) is 36.1 Å². The molecule has 1 fully saturated rings. The summed E-state index contributed by atoms with van der Waals surface area (Å²) in [6, 6.07) is 6.39. The molecule has 0 unspecified atom stereocenters. The lowest BCUT2D eigenvalue weighted by molar-refractivity contribution is 0.175. The van der Waals surface area contributed by atoms with Crippen LogP contribution in [0.15, 0.2) is 22.9 Å². The molecule has 0 aliphatic carbocycles. The highest BCUT2D eigenvalue weighted by Crippen LogP contribution is 2.28. The molecule has 2 rings (SSSR count). The Morgan fingerprint density at radius 1 is 1.53 bits per heavy atom. The van der Waals surface area contributed by atoms with Gasteiger partial charge in [-0.15, -0.1) is 0 Å². The van der Waals surface area contributed by atoms with Crippen LogP contribution < -0.4 is 5.32 Å². The molecule has 0 spiro atoms. The van der Waals surface area contributed by atoms with Gasteiger partial charge in [-0.2, -0.15) is 5.26 Å². The second kappa shape index (κ2) is 6.10. The lowest BCUT2D eigenvalue weighted by atomic mass is 10.0. The zero-order valence-corrected chi connectivity index (χ0v) is 11.2. The van der Waals surface area contributed by atoms with Crippen molar-refractivity contribution in [3.8, 4) is 6.07 Å². The fraction of sp³-hybridized carbons (Fsp3) is 0.500. The van der Waals surface area contributed by atoms with Crippen LogP contribution in [0, 0.1) is 11.3 Å². The van der Waals surface area contributed by atoms with Crippen LogP contribution in [0.1, 0.15) is 18.0 Å². The van der Waals surface area contributed by atoms with Crippen molar-refractivity contribution in [1.29, 1.82) is 5.26 Å². The van der Waals surface area contributed by atoms with Crippen molar-refractivity contribution in [2.45, 2.75) is 12.5 Å². The SMILES string of the molecule is N#CC[C@@H](c1cccnc1Br)N1CCNCC1. The largest absolute Gasteiger partial charge is 0.314 e. The van der Waals surface area contributed by atoms with Gasteiger partial charge < -0.3 is 5.32 Å². The minimum atomic E-state index is 0.144. The van der Waals surface area contributed by atoms with Gasteiger partial charge in [0.15, 0.2) is 0 Å². The number of pyridine rings is 1. The van der Waals surface area contributed by atoms with Gasteiger partial charge in [0.2, 0.25) is 0 Å². The monoisotopic (exact) mass is 294 g/mol. The van der Waals surface area contributed by atoms with Crippen LogP contribution >= 0.6 is 15.9 Å². The van der Waals surface area contributed by atoms with Crippen LogP contribution in [0.3, 0.4) is 0 Å². The van der Waals surface area contributed by atoms with Gasteiger partial charge in [-0.25, -0.2) is 4.98 Å². The normalized spacial score (nSPS) is 18.6. The van der Waals surface area contributed by atoms with Gasteiger partial charge in [-0.3, -0.25) is 4.90 Å². The minimum absolute atomic E-state index is 0.144. The van der Waals surface area contributed by atoms with E-state index in [1.54, 1.807) is 6.20 Å². The van der Waals surface area contributed by atoms with Gasteiger partial charge in [-0.1, -0.05) is 6.07 Å². The first-order valence-electron chi connectivity index (χ1n) is 5.75. The van der Waals surface area contributed by atoms with Crippen LogP contribution in [-0.2, 0) is 0 Å². The highest BCUT2D eigenvalue weighted by molar-refractivity contribution is 9.10. The number of nitrogens with zero attached hydrogens (tertiary/aromatic N) is 3. The Bertz CT molecular complexity index is 409. The number of rotatable bonds is 3. The molecule has 90 valence electrons. The summed E-state index contributed by atoms with van der Waals surface area (Å²) in [7, 11) is 0. The summed E-state index contributed by atoms with van der Waals surface area (Å²) in [5.74, 6) is 0. The number of nitriles is 1. The van der Waals surface area contributed by atoms with Crippen molar-refractivity contribution < 1.29 is 0 Å². The van der Waals surface area contributed by atoms with Crippen LogP contribution in [0.2, 0.25) is 0 Å². The van der Waals surface area contributed by atoms with Gasteiger partial charge in [0, 0.05) is 37.9 Å². The minimum Gasteiger partial charge on any atom is -0.314 e. The van der Waals surface area contributed by atoms with Gasteiger partial charge in [-0.05, 0) is 22.0 Å². The predicted molar refractivity (Wildman–Crippen MR) is 69.4 cm³/mol. The smallest absolute Gasteiger partial charge is 0.110 e. The van der Waals surface area contributed by atoms with E-state index in [0.29, 0.717) is 6.42 Å². The maximum Gasteiger partial charge on any atom is 0.110 e. The molecule has 0 amide bonds. The second-order valence-corrected chi connectivity index (χ2v) is 4.80. The van der Waals surface area contributed by atoms with Gasteiger partial charge in [0.1, 0.15) is 4.60 Å².